The van der Waals surface area contributed by atoms with Crippen molar-refractivity contribution in [2.45, 2.75) is 31.8 Å². The molecule has 0 spiro atoms. The lowest BCUT2D eigenvalue weighted by atomic mass is 9.99. The third-order valence-electron chi connectivity index (χ3n) is 3.57. The molecule has 1 heterocycles. The van der Waals surface area contributed by atoms with Gasteiger partial charge >= 0.3 is 5.69 Å². The van der Waals surface area contributed by atoms with Crippen LogP contribution in [0.2, 0.25) is 0 Å². The van der Waals surface area contributed by atoms with Crippen molar-refractivity contribution in [1.29, 1.82) is 0 Å². The molecule has 0 aromatic heterocycles. The quantitative estimate of drug-likeness (QED) is 0.658. The molecule has 2 rings (SSSR count). The van der Waals surface area contributed by atoms with Crippen LogP contribution in [-0.4, -0.2) is 29.5 Å². The molecule has 21 heavy (non-hydrogen) atoms. The molecule has 1 aromatic rings. The number of nitrogens with one attached hydrogen (secondary N) is 2. The summed E-state index contributed by atoms with van der Waals surface area (Å²) in [5.74, 6) is -3.55. The molecule has 8 heteroatoms. The predicted molar refractivity (Wildman–Crippen MR) is 71.0 cm³/mol. The van der Waals surface area contributed by atoms with Gasteiger partial charge in [0.05, 0.1) is 4.92 Å². The number of benzene rings is 1. The number of nitro groups is 1. The molecule has 2 N–H and O–H groups in total. The van der Waals surface area contributed by atoms with Crippen LogP contribution in [0.4, 0.5) is 14.5 Å². The lowest BCUT2D eigenvalue weighted by Gasteiger charge is -2.30. The van der Waals surface area contributed by atoms with Gasteiger partial charge in [0.2, 0.25) is 5.82 Å². The van der Waals surface area contributed by atoms with E-state index < -0.39 is 33.7 Å². The summed E-state index contributed by atoms with van der Waals surface area (Å²) in [5, 5.41) is 16.3. The zero-order valence-electron chi connectivity index (χ0n) is 11.4. The zero-order chi connectivity index (χ0) is 15.6. The van der Waals surface area contributed by atoms with Crippen molar-refractivity contribution in [3.63, 3.8) is 0 Å². The molecule has 0 aliphatic carbocycles. The lowest BCUT2D eigenvalue weighted by molar-refractivity contribution is -0.387. The van der Waals surface area contributed by atoms with Crippen LogP contribution >= 0.6 is 0 Å². The average Bonchev–Trinajstić information content (AvgIpc) is 2.41. The van der Waals surface area contributed by atoms with E-state index in [9.17, 15) is 23.7 Å². The summed E-state index contributed by atoms with van der Waals surface area (Å²) < 4.78 is 27.6. The first-order valence-corrected chi connectivity index (χ1v) is 6.58. The third kappa shape index (κ3) is 3.15. The van der Waals surface area contributed by atoms with E-state index in [2.05, 4.69) is 10.6 Å². The Labute approximate surface area is 119 Å². The molecule has 1 aliphatic heterocycles. The summed E-state index contributed by atoms with van der Waals surface area (Å²) in [4.78, 5) is 21.7. The Hall–Kier alpha value is -2.09. The molecule has 0 bridgehead atoms. The van der Waals surface area contributed by atoms with Crippen LogP contribution in [0.1, 0.15) is 30.1 Å². The second-order valence-corrected chi connectivity index (χ2v) is 4.98. The molecule has 1 aliphatic rings. The molecule has 6 nitrogen and oxygen atoms in total. The number of carbonyl (C=O) groups is 1. The second kappa shape index (κ2) is 6.13. The minimum Gasteiger partial charge on any atom is -0.348 e. The van der Waals surface area contributed by atoms with Gasteiger partial charge in [-0.15, -0.1) is 0 Å². The zero-order valence-corrected chi connectivity index (χ0v) is 11.4. The highest BCUT2D eigenvalue weighted by atomic mass is 19.1. The fourth-order valence-corrected chi connectivity index (χ4v) is 2.37. The Balaban J connectivity index is 2.26. The van der Waals surface area contributed by atoms with E-state index in [1.54, 1.807) is 0 Å². The summed E-state index contributed by atoms with van der Waals surface area (Å²) in [6, 6.07) is 1.11. The first kappa shape index (κ1) is 15.3. The largest absolute Gasteiger partial charge is 0.348 e. The van der Waals surface area contributed by atoms with Crippen LogP contribution < -0.4 is 10.6 Å². The topological polar surface area (TPSA) is 84.3 Å². The first-order valence-electron chi connectivity index (χ1n) is 6.58. The molecule has 1 saturated heterocycles. The number of amides is 1. The van der Waals surface area contributed by atoms with Gasteiger partial charge in [0, 0.05) is 18.2 Å². The van der Waals surface area contributed by atoms with E-state index in [1.165, 1.54) is 0 Å². The van der Waals surface area contributed by atoms with Crippen molar-refractivity contribution < 1.29 is 18.5 Å². The molecule has 1 fully saturated rings. The predicted octanol–water partition coefficient (Wildman–Crippen LogP) is 1.74. The van der Waals surface area contributed by atoms with Gasteiger partial charge in [-0.1, -0.05) is 0 Å². The molecule has 1 amide bonds. The van der Waals surface area contributed by atoms with E-state index in [1.807, 2.05) is 6.92 Å². The number of hydrogen-bond acceptors (Lipinski definition) is 4. The summed E-state index contributed by atoms with van der Waals surface area (Å²) in [5.41, 5.74) is -1.83. The van der Waals surface area contributed by atoms with Gasteiger partial charge < -0.3 is 10.6 Å². The van der Waals surface area contributed by atoms with Gasteiger partial charge in [0.1, 0.15) is 11.4 Å². The monoisotopic (exact) mass is 299 g/mol. The van der Waals surface area contributed by atoms with Crippen LogP contribution in [0.3, 0.4) is 0 Å². The molecular weight excluding hydrogens is 284 g/mol. The highest BCUT2D eigenvalue weighted by Gasteiger charge is 2.29. The normalized spacial score (nSPS) is 21.9. The summed E-state index contributed by atoms with van der Waals surface area (Å²) >= 11 is 0. The van der Waals surface area contributed by atoms with Crippen molar-refractivity contribution in [2.75, 3.05) is 6.54 Å². The Morgan fingerprint density at radius 3 is 2.81 bits per heavy atom. The van der Waals surface area contributed by atoms with E-state index in [4.69, 9.17) is 0 Å². The SMILES string of the molecule is CC1NCCCC1NC(=O)c1c(F)ccc([N+](=O)[O-])c1F. The fraction of sp³-hybridized carbons (Fsp3) is 0.462. The first-order chi connectivity index (χ1) is 9.91. The third-order valence-corrected chi connectivity index (χ3v) is 3.57. The number of hydrogen-bond donors (Lipinski definition) is 2. The Morgan fingerprint density at radius 1 is 1.48 bits per heavy atom. The second-order valence-electron chi connectivity index (χ2n) is 4.98. The molecule has 2 unspecified atom stereocenters. The fourth-order valence-electron chi connectivity index (χ4n) is 2.37. The van der Waals surface area contributed by atoms with Crippen molar-refractivity contribution in [1.82, 2.24) is 10.6 Å². The number of nitrogens with zero attached hydrogens (tertiary/aromatic N) is 1. The highest BCUT2D eigenvalue weighted by molar-refractivity contribution is 5.95. The molecule has 2 atom stereocenters. The average molecular weight is 299 g/mol. The molecular formula is C13H15F2N3O3. The number of nitro benzene ring substituents is 1. The lowest BCUT2D eigenvalue weighted by Crippen LogP contribution is -2.52. The summed E-state index contributed by atoms with van der Waals surface area (Å²) in [6.45, 7) is 2.66. The Morgan fingerprint density at radius 2 is 2.19 bits per heavy atom. The minimum absolute atomic E-state index is 0.0347. The van der Waals surface area contributed by atoms with Crippen molar-refractivity contribution in [3.05, 3.63) is 39.4 Å². The van der Waals surface area contributed by atoms with Crippen LogP contribution in [0.25, 0.3) is 0 Å². The van der Waals surface area contributed by atoms with E-state index in [0.717, 1.165) is 19.0 Å². The molecule has 0 saturated carbocycles. The van der Waals surface area contributed by atoms with E-state index in [-0.39, 0.29) is 12.1 Å². The maximum Gasteiger partial charge on any atom is 0.305 e. The van der Waals surface area contributed by atoms with Gasteiger partial charge in [-0.25, -0.2) is 4.39 Å². The minimum atomic E-state index is -1.45. The smallest absolute Gasteiger partial charge is 0.305 e. The van der Waals surface area contributed by atoms with E-state index >= 15 is 0 Å². The van der Waals surface area contributed by atoms with Crippen molar-refractivity contribution >= 4 is 11.6 Å². The number of rotatable bonds is 3. The summed E-state index contributed by atoms with van der Waals surface area (Å²) in [7, 11) is 0. The van der Waals surface area contributed by atoms with Crippen molar-refractivity contribution in [3.8, 4) is 0 Å². The van der Waals surface area contributed by atoms with Crippen LogP contribution in [0.15, 0.2) is 12.1 Å². The van der Waals surface area contributed by atoms with Crippen molar-refractivity contribution in [2.24, 2.45) is 0 Å². The van der Waals surface area contributed by atoms with Gasteiger partial charge in [0.25, 0.3) is 5.91 Å². The number of carbonyl (C=O) groups excluding carboxylic acids is 1. The van der Waals surface area contributed by atoms with Gasteiger partial charge in [-0.05, 0) is 32.4 Å². The van der Waals surface area contributed by atoms with Gasteiger partial charge in [-0.2, -0.15) is 4.39 Å². The van der Waals surface area contributed by atoms with E-state index in [0.29, 0.717) is 12.5 Å². The highest BCUT2D eigenvalue weighted by Crippen LogP contribution is 2.23. The number of piperidine rings is 1. The summed E-state index contributed by atoms with van der Waals surface area (Å²) in [6.07, 6.45) is 1.51. The maximum absolute atomic E-state index is 13.9. The molecule has 1 aromatic carbocycles. The Bertz CT molecular complexity index is 580. The van der Waals surface area contributed by atoms with Gasteiger partial charge in [0.15, 0.2) is 0 Å². The van der Waals surface area contributed by atoms with Crippen LogP contribution in [-0.2, 0) is 0 Å². The standard InChI is InChI=1S/C13H15F2N3O3/c1-7-9(3-2-6-16-7)17-13(19)11-8(14)4-5-10(12(11)15)18(20)21/h4-5,7,9,16H,2-3,6H2,1H3,(H,17,19). The number of halogens is 2. The van der Waals surface area contributed by atoms with Crippen LogP contribution in [0, 0.1) is 21.7 Å². The molecule has 0 radical (unpaired) electrons. The maximum atomic E-state index is 13.9. The van der Waals surface area contributed by atoms with Crippen LogP contribution in [0.5, 0.6) is 0 Å². The Kier molecular flexibility index (Phi) is 4.46. The molecule has 114 valence electrons. The van der Waals surface area contributed by atoms with Gasteiger partial charge in [-0.3, -0.25) is 14.9 Å².